The lowest BCUT2D eigenvalue weighted by atomic mass is 10.3. The molecule has 1 aromatic rings. The minimum Gasteiger partial charge on any atom is -0.355 e. The Bertz CT molecular complexity index is 398. The molecular formula is C10H17N3O3S. The molecule has 1 aliphatic rings. The minimum atomic E-state index is -0.137. The van der Waals surface area contributed by atoms with Gasteiger partial charge in [-0.1, -0.05) is 18.7 Å². The SMILES string of the molecule is CCCn1c(SC[C@H]2CCOCO2)n[nH]c1=O. The fourth-order valence-corrected chi connectivity index (χ4v) is 2.67. The number of nitrogens with one attached hydrogen (secondary N) is 1. The Morgan fingerprint density at radius 3 is 3.24 bits per heavy atom. The Balaban J connectivity index is 1.91. The lowest BCUT2D eigenvalue weighted by Crippen LogP contribution is -2.26. The molecule has 1 aliphatic heterocycles. The Hall–Kier alpha value is -0.790. The Labute approximate surface area is 104 Å². The van der Waals surface area contributed by atoms with Crippen LogP contribution in [0.4, 0.5) is 0 Å². The van der Waals surface area contributed by atoms with E-state index in [1.165, 1.54) is 0 Å². The van der Waals surface area contributed by atoms with Gasteiger partial charge in [-0.2, -0.15) is 0 Å². The third-order valence-electron chi connectivity index (χ3n) is 2.54. The van der Waals surface area contributed by atoms with Crippen molar-refractivity contribution in [2.24, 2.45) is 0 Å². The summed E-state index contributed by atoms with van der Waals surface area (Å²) >= 11 is 1.55. The number of nitrogens with zero attached hydrogens (tertiary/aromatic N) is 2. The monoisotopic (exact) mass is 259 g/mol. The lowest BCUT2D eigenvalue weighted by Gasteiger charge is -2.21. The van der Waals surface area contributed by atoms with Crippen molar-refractivity contribution in [3.63, 3.8) is 0 Å². The third kappa shape index (κ3) is 3.34. The molecule has 0 radical (unpaired) electrons. The van der Waals surface area contributed by atoms with Crippen LogP contribution in [-0.4, -0.2) is 40.0 Å². The molecule has 1 atom stereocenters. The number of ether oxygens (including phenoxy) is 2. The molecule has 17 heavy (non-hydrogen) atoms. The maximum absolute atomic E-state index is 11.5. The second-order valence-corrected chi connectivity index (χ2v) is 4.86. The Morgan fingerprint density at radius 2 is 2.53 bits per heavy atom. The number of hydrogen-bond acceptors (Lipinski definition) is 5. The van der Waals surface area contributed by atoms with E-state index in [9.17, 15) is 4.79 Å². The molecule has 0 aliphatic carbocycles. The zero-order valence-electron chi connectivity index (χ0n) is 9.85. The van der Waals surface area contributed by atoms with Gasteiger partial charge in [0.1, 0.15) is 6.79 Å². The number of H-pyrrole nitrogens is 1. The highest BCUT2D eigenvalue weighted by molar-refractivity contribution is 7.99. The van der Waals surface area contributed by atoms with Gasteiger partial charge in [-0.3, -0.25) is 4.57 Å². The van der Waals surface area contributed by atoms with Crippen molar-refractivity contribution in [1.82, 2.24) is 14.8 Å². The number of aromatic nitrogens is 3. The van der Waals surface area contributed by atoms with Crippen LogP contribution < -0.4 is 5.69 Å². The summed E-state index contributed by atoms with van der Waals surface area (Å²) < 4.78 is 12.2. The fraction of sp³-hybridized carbons (Fsp3) is 0.800. The van der Waals surface area contributed by atoms with Crippen molar-refractivity contribution in [2.75, 3.05) is 19.2 Å². The first-order chi connectivity index (χ1) is 8.31. The first-order valence-electron chi connectivity index (χ1n) is 5.78. The molecule has 1 N–H and O–H groups in total. The molecule has 6 nitrogen and oxygen atoms in total. The van der Waals surface area contributed by atoms with Crippen LogP contribution in [0, 0.1) is 0 Å². The van der Waals surface area contributed by atoms with Gasteiger partial charge in [0.05, 0.1) is 12.7 Å². The molecule has 0 amide bonds. The molecule has 1 fully saturated rings. The van der Waals surface area contributed by atoms with Gasteiger partial charge in [0.2, 0.25) is 0 Å². The van der Waals surface area contributed by atoms with Gasteiger partial charge in [0.15, 0.2) is 5.16 Å². The second kappa shape index (κ2) is 6.23. The summed E-state index contributed by atoms with van der Waals surface area (Å²) in [7, 11) is 0. The fourth-order valence-electron chi connectivity index (χ4n) is 1.63. The predicted molar refractivity (Wildman–Crippen MR) is 64.2 cm³/mol. The number of thioether (sulfide) groups is 1. The molecule has 7 heteroatoms. The summed E-state index contributed by atoms with van der Waals surface area (Å²) in [6.07, 6.45) is 2.01. The lowest BCUT2D eigenvalue weighted by molar-refractivity contribution is -0.130. The van der Waals surface area contributed by atoms with Crippen molar-refractivity contribution in [2.45, 2.75) is 37.6 Å². The summed E-state index contributed by atoms with van der Waals surface area (Å²) in [5, 5.41) is 7.24. The van der Waals surface area contributed by atoms with Gasteiger partial charge < -0.3 is 9.47 Å². The Morgan fingerprint density at radius 1 is 1.65 bits per heavy atom. The van der Waals surface area contributed by atoms with E-state index in [1.54, 1.807) is 16.3 Å². The summed E-state index contributed by atoms with van der Waals surface area (Å²) in [5.41, 5.74) is -0.137. The number of aromatic amines is 1. The number of hydrogen-bond donors (Lipinski definition) is 1. The van der Waals surface area contributed by atoms with Crippen LogP contribution in [0.2, 0.25) is 0 Å². The van der Waals surface area contributed by atoms with E-state index in [4.69, 9.17) is 9.47 Å². The first-order valence-corrected chi connectivity index (χ1v) is 6.77. The van der Waals surface area contributed by atoms with Crippen molar-refractivity contribution in [1.29, 1.82) is 0 Å². The van der Waals surface area contributed by atoms with Crippen LogP contribution in [0.3, 0.4) is 0 Å². The Kier molecular flexibility index (Phi) is 4.64. The van der Waals surface area contributed by atoms with E-state index in [0.29, 0.717) is 13.3 Å². The summed E-state index contributed by atoms with van der Waals surface area (Å²) in [5.74, 6) is 0.803. The van der Waals surface area contributed by atoms with E-state index in [2.05, 4.69) is 10.2 Å². The minimum absolute atomic E-state index is 0.137. The third-order valence-corrected chi connectivity index (χ3v) is 3.65. The highest BCUT2D eigenvalue weighted by Crippen LogP contribution is 2.19. The van der Waals surface area contributed by atoms with Crippen LogP contribution >= 0.6 is 11.8 Å². The molecule has 2 rings (SSSR count). The average molecular weight is 259 g/mol. The molecular weight excluding hydrogens is 242 g/mol. The zero-order valence-corrected chi connectivity index (χ0v) is 10.7. The molecule has 2 heterocycles. The smallest absolute Gasteiger partial charge is 0.343 e. The van der Waals surface area contributed by atoms with Crippen molar-refractivity contribution < 1.29 is 9.47 Å². The quantitative estimate of drug-likeness (QED) is 0.793. The van der Waals surface area contributed by atoms with Gasteiger partial charge in [-0.05, 0) is 12.8 Å². The van der Waals surface area contributed by atoms with Crippen LogP contribution in [0.25, 0.3) is 0 Å². The molecule has 0 spiro atoms. The molecule has 0 unspecified atom stereocenters. The summed E-state index contributed by atoms with van der Waals surface area (Å²) in [4.78, 5) is 11.5. The maximum Gasteiger partial charge on any atom is 0.343 e. The molecule has 0 aromatic carbocycles. The van der Waals surface area contributed by atoms with E-state index in [0.717, 1.165) is 30.4 Å². The van der Waals surface area contributed by atoms with Crippen molar-refractivity contribution in [3.8, 4) is 0 Å². The molecule has 0 bridgehead atoms. The van der Waals surface area contributed by atoms with Crippen LogP contribution in [0.15, 0.2) is 9.95 Å². The molecule has 0 saturated carbocycles. The van der Waals surface area contributed by atoms with E-state index >= 15 is 0 Å². The van der Waals surface area contributed by atoms with Gasteiger partial charge in [0.25, 0.3) is 0 Å². The highest BCUT2D eigenvalue weighted by atomic mass is 32.2. The van der Waals surface area contributed by atoms with Crippen molar-refractivity contribution in [3.05, 3.63) is 10.5 Å². The maximum atomic E-state index is 11.5. The molecule has 1 aromatic heterocycles. The van der Waals surface area contributed by atoms with E-state index in [-0.39, 0.29) is 11.8 Å². The van der Waals surface area contributed by atoms with E-state index in [1.807, 2.05) is 6.92 Å². The van der Waals surface area contributed by atoms with Gasteiger partial charge in [-0.25, -0.2) is 9.89 Å². The van der Waals surface area contributed by atoms with Gasteiger partial charge >= 0.3 is 5.69 Å². The van der Waals surface area contributed by atoms with Crippen LogP contribution in [0.5, 0.6) is 0 Å². The van der Waals surface area contributed by atoms with E-state index < -0.39 is 0 Å². The average Bonchev–Trinajstić information content (AvgIpc) is 2.70. The van der Waals surface area contributed by atoms with Crippen molar-refractivity contribution >= 4 is 11.8 Å². The normalized spacial score (nSPS) is 20.6. The zero-order chi connectivity index (χ0) is 12.1. The topological polar surface area (TPSA) is 69.1 Å². The summed E-state index contributed by atoms with van der Waals surface area (Å²) in [6, 6.07) is 0. The predicted octanol–water partition coefficient (Wildman–Crippen LogP) is 0.837. The summed E-state index contributed by atoms with van der Waals surface area (Å²) in [6.45, 7) is 3.85. The number of rotatable bonds is 5. The standard InChI is InChI=1S/C10H17N3O3S/c1-2-4-13-9(14)11-12-10(13)17-6-8-3-5-15-7-16-8/h8H,2-7H2,1H3,(H,11,14)/t8-/m1/s1. The van der Waals surface area contributed by atoms with Gasteiger partial charge in [-0.15, -0.1) is 5.10 Å². The first kappa shape index (κ1) is 12.7. The highest BCUT2D eigenvalue weighted by Gasteiger charge is 2.16. The second-order valence-electron chi connectivity index (χ2n) is 3.88. The molecule has 1 saturated heterocycles. The largest absolute Gasteiger partial charge is 0.355 e. The molecule has 96 valence electrons. The van der Waals surface area contributed by atoms with Gasteiger partial charge in [0, 0.05) is 12.3 Å². The van der Waals surface area contributed by atoms with Crippen LogP contribution in [0.1, 0.15) is 19.8 Å². The van der Waals surface area contributed by atoms with Crippen LogP contribution in [-0.2, 0) is 16.0 Å².